The highest BCUT2D eigenvalue weighted by Gasteiger charge is 2.26. The van der Waals surface area contributed by atoms with Gasteiger partial charge in [0.15, 0.2) is 0 Å². The maximum absolute atomic E-state index is 13.0. The first kappa shape index (κ1) is 12.3. The van der Waals surface area contributed by atoms with E-state index in [0.717, 1.165) is 18.5 Å². The van der Waals surface area contributed by atoms with Crippen LogP contribution < -0.4 is 0 Å². The van der Waals surface area contributed by atoms with Gasteiger partial charge in [-0.15, -0.1) is 5.10 Å². The number of benzene rings is 1. The molecule has 1 aromatic heterocycles. The third-order valence-corrected chi connectivity index (χ3v) is 3.23. The van der Waals surface area contributed by atoms with Gasteiger partial charge in [-0.3, -0.25) is 0 Å². The highest BCUT2D eigenvalue weighted by Crippen LogP contribution is 2.31. The molecule has 1 aromatic carbocycles. The van der Waals surface area contributed by atoms with Gasteiger partial charge >= 0.3 is 0 Å². The van der Waals surface area contributed by atoms with Crippen molar-refractivity contribution in [3.05, 3.63) is 41.5 Å². The Kier molecular flexibility index (Phi) is 3.27. The predicted molar refractivity (Wildman–Crippen MR) is 65.2 cm³/mol. The maximum atomic E-state index is 13.0. The molecule has 6 heteroatoms. The Morgan fingerprint density at radius 2 is 2.16 bits per heavy atom. The van der Waals surface area contributed by atoms with Crippen molar-refractivity contribution in [1.82, 2.24) is 15.0 Å². The van der Waals surface area contributed by atoms with Gasteiger partial charge in [0.1, 0.15) is 17.6 Å². The molecule has 100 valence electrons. The summed E-state index contributed by atoms with van der Waals surface area (Å²) in [7, 11) is 0. The average molecular weight is 263 g/mol. The number of rotatable bonds is 3. The highest BCUT2D eigenvalue weighted by atomic mass is 19.1. The van der Waals surface area contributed by atoms with Crippen LogP contribution in [0.2, 0.25) is 0 Å². The predicted octanol–water partition coefficient (Wildman–Crippen LogP) is 1.75. The van der Waals surface area contributed by atoms with E-state index in [1.54, 1.807) is 16.8 Å². The number of aromatic nitrogens is 3. The molecule has 0 amide bonds. The Bertz CT molecular complexity index is 562. The molecule has 0 radical (unpaired) electrons. The van der Waals surface area contributed by atoms with Gasteiger partial charge in [-0.05, 0) is 37.1 Å². The number of ether oxygens (including phenoxy) is 1. The van der Waals surface area contributed by atoms with Crippen LogP contribution in [0.1, 0.15) is 30.3 Å². The first-order chi connectivity index (χ1) is 9.29. The first-order valence-corrected chi connectivity index (χ1v) is 6.22. The lowest BCUT2D eigenvalue weighted by Crippen LogP contribution is -2.09. The van der Waals surface area contributed by atoms with Gasteiger partial charge in [0.05, 0.1) is 18.0 Å². The van der Waals surface area contributed by atoms with Crippen molar-refractivity contribution >= 4 is 0 Å². The lowest BCUT2D eigenvalue weighted by Gasteiger charge is -2.13. The Balaban J connectivity index is 2.05. The van der Waals surface area contributed by atoms with E-state index in [9.17, 15) is 9.50 Å². The molecule has 1 saturated heterocycles. The molecule has 0 spiro atoms. The van der Waals surface area contributed by atoms with Crippen molar-refractivity contribution in [2.45, 2.75) is 25.6 Å². The van der Waals surface area contributed by atoms with Crippen LogP contribution in [0.5, 0.6) is 0 Å². The normalized spacial score (nSPS) is 18.9. The molecule has 1 fully saturated rings. The van der Waals surface area contributed by atoms with Crippen molar-refractivity contribution in [2.24, 2.45) is 0 Å². The van der Waals surface area contributed by atoms with Crippen LogP contribution in [0, 0.1) is 5.82 Å². The minimum absolute atomic E-state index is 0.109. The fraction of sp³-hybridized carbons (Fsp3) is 0.385. The van der Waals surface area contributed by atoms with E-state index in [1.165, 1.54) is 12.1 Å². The summed E-state index contributed by atoms with van der Waals surface area (Å²) in [5.74, 6) is -0.301. The number of hydrogen-bond acceptors (Lipinski definition) is 4. The molecule has 5 nitrogen and oxygen atoms in total. The first-order valence-electron chi connectivity index (χ1n) is 6.22. The standard InChI is InChI=1S/C13H14FN3O2/c14-9-3-5-10(6-4-9)17-13(11(8-18)15-16-17)12-2-1-7-19-12/h3-6,12,18H,1-2,7-8H2. The lowest BCUT2D eigenvalue weighted by atomic mass is 10.1. The molecule has 1 aliphatic heterocycles. The topological polar surface area (TPSA) is 60.2 Å². The van der Waals surface area contributed by atoms with Crippen molar-refractivity contribution in [1.29, 1.82) is 0 Å². The van der Waals surface area contributed by atoms with Crippen LogP contribution in [-0.4, -0.2) is 26.7 Å². The SMILES string of the molecule is OCc1nnn(-c2ccc(F)cc2)c1C1CCCO1. The van der Waals surface area contributed by atoms with E-state index in [4.69, 9.17) is 4.74 Å². The second kappa shape index (κ2) is 5.07. The molecule has 1 atom stereocenters. The Hall–Kier alpha value is -1.79. The molecule has 3 rings (SSSR count). The quantitative estimate of drug-likeness (QED) is 0.916. The molecule has 0 saturated carbocycles. The Labute approximate surface area is 109 Å². The summed E-state index contributed by atoms with van der Waals surface area (Å²) in [5.41, 5.74) is 1.97. The molecule has 0 aliphatic carbocycles. The second-order valence-electron chi connectivity index (χ2n) is 4.47. The summed E-state index contributed by atoms with van der Waals surface area (Å²) in [6.45, 7) is 0.514. The molecule has 1 aliphatic rings. The van der Waals surface area contributed by atoms with Gasteiger partial charge in [-0.2, -0.15) is 0 Å². The second-order valence-corrected chi connectivity index (χ2v) is 4.47. The molecule has 2 heterocycles. The number of halogens is 1. The zero-order chi connectivity index (χ0) is 13.2. The van der Waals surface area contributed by atoms with E-state index in [1.807, 2.05) is 0 Å². The monoisotopic (exact) mass is 263 g/mol. The summed E-state index contributed by atoms with van der Waals surface area (Å²) in [6, 6.07) is 6.00. The van der Waals surface area contributed by atoms with E-state index < -0.39 is 0 Å². The zero-order valence-corrected chi connectivity index (χ0v) is 10.3. The van der Waals surface area contributed by atoms with Gasteiger partial charge in [-0.25, -0.2) is 9.07 Å². The lowest BCUT2D eigenvalue weighted by molar-refractivity contribution is 0.104. The van der Waals surface area contributed by atoms with Crippen LogP contribution in [0.4, 0.5) is 4.39 Å². The van der Waals surface area contributed by atoms with Gasteiger partial charge in [0, 0.05) is 6.61 Å². The third kappa shape index (κ3) is 2.24. The van der Waals surface area contributed by atoms with Gasteiger partial charge in [0.2, 0.25) is 0 Å². The molecule has 2 aromatic rings. The van der Waals surface area contributed by atoms with E-state index in [0.29, 0.717) is 18.0 Å². The molecule has 1 N–H and O–H groups in total. The van der Waals surface area contributed by atoms with E-state index in [2.05, 4.69) is 10.3 Å². The number of nitrogens with zero attached hydrogens (tertiary/aromatic N) is 3. The van der Waals surface area contributed by atoms with Crippen molar-refractivity contribution < 1.29 is 14.2 Å². The van der Waals surface area contributed by atoms with Gasteiger partial charge < -0.3 is 9.84 Å². The summed E-state index contributed by atoms with van der Waals surface area (Å²) in [5, 5.41) is 17.4. The van der Waals surface area contributed by atoms with Crippen LogP contribution in [0.25, 0.3) is 5.69 Å². The van der Waals surface area contributed by atoms with Crippen molar-refractivity contribution in [2.75, 3.05) is 6.61 Å². The van der Waals surface area contributed by atoms with E-state index in [-0.39, 0.29) is 18.5 Å². The number of hydrogen-bond donors (Lipinski definition) is 1. The minimum atomic E-state index is -0.301. The smallest absolute Gasteiger partial charge is 0.123 e. The van der Waals surface area contributed by atoms with Crippen LogP contribution >= 0.6 is 0 Å². The van der Waals surface area contributed by atoms with Gasteiger partial charge in [0.25, 0.3) is 0 Å². The molecule has 19 heavy (non-hydrogen) atoms. The summed E-state index contributed by atoms with van der Waals surface area (Å²) < 4.78 is 20.2. The molecular formula is C13H14FN3O2. The van der Waals surface area contributed by atoms with Crippen molar-refractivity contribution in [3.63, 3.8) is 0 Å². The highest BCUT2D eigenvalue weighted by molar-refractivity contribution is 5.34. The fourth-order valence-electron chi connectivity index (χ4n) is 2.32. The molecule has 0 bridgehead atoms. The summed E-state index contributed by atoms with van der Waals surface area (Å²) in [4.78, 5) is 0. The van der Waals surface area contributed by atoms with Crippen LogP contribution in [-0.2, 0) is 11.3 Å². The number of aliphatic hydroxyl groups excluding tert-OH is 1. The average Bonchev–Trinajstić information content (AvgIpc) is 3.07. The molecule has 1 unspecified atom stereocenters. The van der Waals surface area contributed by atoms with Crippen LogP contribution in [0.15, 0.2) is 24.3 Å². The van der Waals surface area contributed by atoms with Crippen molar-refractivity contribution in [3.8, 4) is 5.69 Å². The zero-order valence-electron chi connectivity index (χ0n) is 10.3. The summed E-state index contributed by atoms with van der Waals surface area (Å²) >= 11 is 0. The Morgan fingerprint density at radius 3 is 2.79 bits per heavy atom. The summed E-state index contributed by atoms with van der Waals surface area (Å²) in [6.07, 6.45) is 1.74. The minimum Gasteiger partial charge on any atom is -0.390 e. The molecular weight excluding hydrogens is 249 g/mol. The fourth-order valence-corrected chi connectivity index (χ4v) is 2.32. The maximum Gasteiger partial charge on any atom is 0.123 e. The number of aliphatic hydroxyl groups is 1. The van der Waals surface area contributed by atoms with Crippen LogP contribution in [0.3, 0.4) is 0 Å². The Morgan fingerprint density at radius 1 is 1.37 bits per heavy atom. The van der Waals surface area contributed by atoms with E-state index >= 15 is 0 Å². The van der Waals surface area contributed by atoms with Gasteiger partial charge in [-0.1, -0.05) is 5.21 Å². The largest absolute Gasteiger partial charge is 0.390 e. The third-order valence-electron chi connectivity index (χ3n) is 3.23.